The van der Waals surface area contributed by atoms with Crippen LogP contribution in [0.2, 0.25) is 0 Å². The molecule has 4 heteroatoms. The highest BCUT2D eigenvalue weighted by molar-refractivity contribution is 7.13. The van der Waals surface area contributed by atoms with E-state index in [1.807, 2.05) is 29.8 Å². The van der Waals surface area contributed by atoms with E-state index in [2.05, 4.69) is 71.0 Å². The van der Waals surface area contributed by atoms with E-state index < -0.39 is 0 Å². The van der Waals surface area contributed by atoms with Crippen molar-refractivity contribution in [3.8, 4) is 43.5 Å². The predicted octanol–water partition coefficient (Wildman–Crippen LogP) is 7.27. The van der Waals surface area contributed by atoms with Gasteiger partial charge in [-0.2, -0.15) is 0 Å². The lowest BCUT2D eigenvalue weighted by Gasteiger charge is -2.04. The van der Waals surface area contributed by atoms with Gasteiger partial charge in [-0.25, -0.2) is 9.97 Å². The molecule has 2 heterocycles. The van der Waals surface area contributed by atoms with E-state index >= 15 is 0 Å². The second-order valence-electron chi connectivity index (χ2n) is 6.40. The summed E-state index contributed by atoms with van der Waals surface area (Å²) in [4.78, 5) is 9.18. The number of rotatable bonds is 4. The zero-order valence-electron chi connectivity index (χ0n) is 14.9. The van der Waals surface area contributed by atoms with E-state index in [1.54, 1.807) is 22.7 Å². The zero-order chi connectivity index (χ0) is 18.8. The van der Waals surface area contributed by atoms with Gasteiger partial charge in [-0.3, -0.25) is 0 Å². The molecule has 5 rings (SSSR count). The Hall–Kier alpha value is -3.08. The summed E-state index contributed by atoms with van der Waals surface area (Å²) in [6, 6.07) is 27.5. The molecule has 0 aliphatic rings. The molecular weight excluding hydrogens is 380 g/mol. The first kappa shape index (κ1) is 17.0. The molecule has 0 aliphatic carbocycles. The van der Waals surface area contributed by atoms with Crippen molar-refractivity contribution in [3.05, 3.63) is 95.8 Å². The van der Waals surface area contributed by atoms with Crippen LogP contribution < -0.4 is 0 Å². The molecule has 0 N–H and O–H groups in total. The van der Waals surface area contributed by atoms with Crippen LogP contribution in [-0.4, -0.2) is 9.97 Å². The maximum absolute atomic E-state index is 4.81. The molecule has 0 atom stereocenters. The fourth-order valence-electron chi connectivity index (χ4n) is 3.12. The fourth-order valence-corrected chi connectivity index (χ4v) is 4.60. The van der Waals surface area contributed by atoms with E-state index in [4.69, 9.17) is 4.98 Å². The molecule has 0 saturated carbocycles. The van der Waals surface area contributed by atoms with Crippen LogP contribution in [-0.2, 0) is 0 Å². The van der Waals surface area contributed by atoms with Gasteiger partial charge in [0.25, 0.3) is 0 Å². The summed E-state index contributed by atoms with van der Waals surface area (Å²) in [5.41, 5.74) is 6.89. The van der Waals surface area contributed by atoms with E-state index in [-0.39, 0.29) is 0 Å². The molecule has 3 aromatic carbocycles. The van der Waals surface area contributed by atoms with Crippen LogP contribution in [0.5, 0.6) is 0 Å². The molecular formula is C24H16N2S2. The topological polar surface area (TPSA) is 25.8 Å². The highest BCUT2D eigenvalue weighted by atomic mass is 32.1. The van der Waals surface area contributed by atoms with Crippen LogP contribution >= 0.6 is 22.7 Å². The first-order valence-corrected chi connectivity index (χ1v) is 10.7. The van der Waals surface area contributed by atoms with Crippen molar-refractivity contribution in [2.75, 3.05) is 0 Å². The monoisotopic (exact) mass is 396 g/mol. The molecule has 0 spiro atoms. The number of nitrogens with zero attached hydrogens (tertiary/aromatic N) is 2. The number of hydrogen-bond acceptors (Lipinski definition) is 4. The second-order valence-corrected chi connectivity index (χ2v) is 8.15. The molecule has 28 heavy (non-hydrogen) atoms. The minimum Gasteiger partial charge on any atom is -0.245 e. The molecule has 0 fully saturated rings. The lowest BCUT2D eigenvalue weighted by molar-refractivity contribution is 1.40. The highest BCUT2D eigenvalue weighted by Crippen LogP contribution is 2.31. The van der Waals surface area contributed by atoms with Crippen LogP contribution in [0.4, 0.5) is 0 Å². The summed E-state index contributed by atoms with van der Waals surface area (Å²) in [6.07, 6.45) is 1.84. The van der Waals surface area contributed by atoms with Gasteiger partial charge in [-0.05, 0) is 11.1 Å². The van der Waals surface area contributed by atoms with Crippen molar-refractivity contribution < 1.29 is 0 Å². The fraction of sp³-hybridized carbons (Fsp3) is 0. The molecule has 134 valence electrons. The van der Waals surface area contributed by atoms with Crippen LogP contribution in [0.1, 0.15) is 0 Å². The van der Waals surface area contributed by atoms with Gasteiger partial charge >= 0.3 is 0 Å². The van der Waals surface area contributed by atoms with Crippen molar-refractivity contribution in [2.45, 2.75) is 0 Å². The smallest absolute Gasteiger partial charge is 0.124 e. The molecule has 0 amide bonds. The zero-order valence-corrected chi connectivity index (χ0v) is 16.6. The Morgan fingerprint density at radius 1 is 0.536 bits per heavy atom. The van der Waals surface area contributed by atoms with E-state index in [0.717, 1.165) is 32.4 Å². The molecule has 5 aromatic rings. The number of aromatic nitrogens is 2. The quantitative estimate of drug-likeness (QED) is 0.319. The number of hydrogen-bond donors (Lipinski definition) is 0. The maximum atomic E-state index is 4.81. The summed E-state index contributed by atoms with van der Waals surface area (Å²) < 4.78 is 0. The minimum absolute atomic E-state index is 1.02. The second kappa shape index (κ2) is 7.50. The Kier molecular flexibility index (Phi) is 4.57. The number of thiazole rings is 2. The summed E-state index contributed by atoms with van der Waals surface area (Å²) in [5, 5.41) is 6.24. The Bertz CT molecular complexity index is 1170. The van der Waals surface area contributed by atoms with Crippen molar-refractivity contribution >= 4 is 22.7 Å². The summed E-state index contributed by atoms with van der Waals surface area (Å²) in [6.45, 7) is 0. The molecule has 2 nitrogen and oxygen atoms in total. The maximum Gasteiger partial charge on any atom is 0.124 e. The Balaban J connectivity index is 1.38. The molecule has 0 bridgehead atoms. The first-order valence-electron chi connectivity index (χ1n) is 8.98. The molecule has 0 aliphatic heterocycles. The van der Waals surface area contributed by atoms with Gasteiger partial charge in [0.15, 0.2) is 0 Å². The average molecular weight is 397 g/mol. The normalized spacial score (nSPS) is 10.9. The van der Waals surface area contributed by atoms with Crippen LogP contribution in [0.15, 0.2) is 95.8 Å². The van der Waals surface area contributed by atoms with Gasteiger partial charge in [0, 0.05) is 33.6 Å². The molecule has 0 unspecified atom stereocenters. The Morgan fingerprint density at radius 2 is 1.14 bits per heavy atom. The van der Waals surface area contributed by atoms with Crippen molar-refractivity contribution in [2.24, 2.45) is 0 Å². The SMILES string of the molecule is c1ccc(-c2nc(-c3ccc(-c4ccc(-c5nccs5)cc4)cc3)cs2)cc1. The van der Waals surface area contributed by atoms with E-state index in [9.17, 15) is 0 Å². The third kappa shape index (κ3) is 3.40. The van der Waals surface area contributed by atoms with Crippen LogP contribution in [0, 0.1) is 0 Å². The van der Waals surface area contributed by atoms with Gasteiger partial charge in [0.2, 0.25) is 0 Å². The average Bonchev–Trinajstić information content (AvgIpc) is 3.47. The van der Waals surface area contributed by atoms with E-state index in [1.165, 1.54) is 11.1 Å². The van der Waals surface area contributed by atoms with E-state index in [0.29, 0.717) is 0 Å². The third-order valence-corrected chi connectivity index (χ3v) is 6.32. The largest absolute Gasteiger partial charge is 0.245 e. The first-order chi connectivity index (χ1) is 13.9. The van der Waals surface area contributed by atoms with Gasteiger partial charge in [-0.1, -0.05) is 78.9 Å². The summed E-state index contributed by atoms with van der Waals surface area (Å²) >= 11 is 3.34. The van der Waals surface area contributed by atoms with Crippen LogP contribution in [0.3, 0.4) is 0 Å². The Morgan fingerprint density at radius 3 is 1.79 bits per heavy atom. The molecule has 0 saturated heterocycles. The molecule has 0 radical (unpaired) electrons. The van der Waals surface area contributed by atoms with Crippen molar-refractivity contribution in [3.63, 3.8) is 0 Å². The number of benzene rings is 3. The lowest BCUT2D eigenvalue weighted by atomic mass is 10.0. The van der Waals surface area contributed by atoms with Gasteiger partial charge in [0.05, 0.1) is 5.69 Å². The van der Waals surface area contributed by atoms with Crippen molar-refractivity contribution in [1.29, 1.82) is 0 Å². The summed E-state index contributed by atoms with van der Waals surface area (Å²) in [5.74, 6) is 0. The standard InChI is InChI=1S/C24H16N2S2/c1-2-4-20(5-3-1)24-26-22(16-28-24)19-10-6-17(7-11-19)18-8-12-21(13-9-18)23-25-14-15-27-23/h1-16H. The van der Waals surface area contributed by atoms with Crippen molar-refractivity contribution in [1.82, 2.24) is 9.97 Å². The third-order valence-electron chi connectivity index (χ3n) is 4.60. The highest BCUT2D eigenvalue weighted by Gasteiger charge is 2.07. The summed E-state index contributed by atoms with van der Waals surface area (Å²) in [7, 11) is 0. The minimum atomic E-state index is 1.02. The van der Waals surface area contributed by atoms with Crippen LogP contribution in [0.25, 0.3) is 43.5 Å². The lowest BCUT2D eigenvalue weighted by Crippen LogP contribution is -1.82. The van der Waals surface area contributed by atoms with Gasteiger partial charge in [-0.15, -0.1) is 22.7 Å². The molecule has 2 aromatic heterocycles. The van der Waals surface area contributed by atoms with Gasteiger partial charge < -0.3 is 0 Å². The predicted molar refractivity (Wildman–Crippen MR) is 120 cm³/mol. The van der Waals surface area contributed by atoms with Gasteiger partial charge in [0.1, 0.15) is 10.0 Å². The Labute approximate surface area is 171 Å².